The highest BCUT2D eigenvalue weighted by molar-refractivity contribution is 8.15. The van der Waals surface area contributed by atoms with Crippen molar-refractivity contribution in [1.82, 2.24) is 5.32 Å². The summed E-state index contributed by atoms with van der Waals surface area (Å²) >= 11 is 0.913. The van der Waals surface area contributed by atoms with E-state index in [4.69, 9.17) is 15.4 Å². The highest BCUT2D eigenvalue weighted by Gasteiger charge is 2.16. The van der Waals surface area contributed by atoms with E-state index in [-0.39, 0.29) is 21.8 Å². The summed E-state index contributed by atoms with van der Waals surface area (Å²) in [6, 6.07) is 1.25. The lowest BCUT2D eigenvalue weighted by molar-refractivity contribution is 0.0870. The molecule has 96 valence electrons. The molecule has 17 heavy (non-hydrogen) atoms. The Balaban J connectivity index is 2.68. The van der Waals surface area contributed by atoms with Gasteiger partial charge in [-0.15, -0.1) is 11.3 Å². The van der Waals surface area contributed by atoms with E-state index in [1.54, 1.807) is 7.11 Å². The van der Waals surface area contributed by atoms with Crippen molar-refractivity contribution in [2.45, 2.75) is 17.2 Å². The van der Waals surface area contributed by atoms with Gasteiger partial charge < -0.3 is 10.1 Å². The molecule has 0 saturated carbocycles. The number of methoxy groups -OCH3 is 1. The van der Waals surface area contributed by atoms with E-state index in [1.165, 1.54) is 11.4 Å². The molecule has 0 bridgehead atoms. The van der Waals surface area contributed by atoms with Gasteiger partial charge in [0, 0.05) is 29.7 Å². The van der Waals surface area contributed by atoms with Crippen molar-refractivity contribution in [2.75, 3.05) is 13.7 Å². The minimum Gasteiger partial charge on any atom is -0.380 e. The molecule has 0 aromatic carbocycles. The van der Waals surface area contributed by atoms with E-state index in [2.05, 4.69) is 5.32 Å². The molecule has 0 aliphatic rings. The van der Waals surface area contributed by atoms with Crippen LogP contribution in [-0.2, 0) is 13.8 Å². The number of hydrogen-bond donors (Lipinski definition) is 1. The van der Waals surface area contributed by atoms with Crippen LogP contribution in [0.4, 0.5) is 0 Å². The van der Waals surface area contributed by atoms with Gasteiger partial charge in [0.2, 0.25) is 0 Å². The molecule has 0 radical (unpaired) electrons. The van der Waals surface area contributed by atoms with Gasteiger partial charge in [-0.1, -0.05) is 0 Å². The molecule has 1 amide bonds. The fourth-order valence-corrected chi connectivity index (χ4v) is 2.93. The van der Waals surface area contributed by atoms with Crippen molar-refractivity contribution >= 4 is 37.0 Å². The Morgan fingerprint density at radius 2 is 2.29 bits per heavy atom. The zero-order chi connectivity index (χ0) is 13.1. The van der Waals surface area contributed by atoms with Crippen LogP contribution in [0.1, 0.15) is 17.3 Å². The summed E-state index contributed by atoms with van der Waals surface area (Å²) in [5, 5.41) is 4.07. The molecule has 0 fully saturated rings. The van der Waals surface area contributed by atoms with Crippen LogP contribution in [0.15, 0.2) is 15.7 Å². The fraction of sp³-hybridized carbons (Fsp3) is 0.444. The van der Waals surface area contributed by atoms with E-state index >= 15 is 0 Å². The van der Waals surface area contributed by atoms with E-state index in [0.29, 0.717) is 6.54 Å². The lowest BCUT2D eigenvalue weighted by Gasteiger charge is -2.09. The standard InChI is InChI=1S/C9H12ClNO4S2/c1-6(15-2)4-11-9(12)7-3-8(16-5-7)17(10,13)14/h3,5-6H,4H2,1-2H3,(H,11,12). The smallest absolute Gasteiger partial charge is 0.270 e. The predicted octanol–water partition coefficient (Wildman–Crippen LogP) is 1.44. The SMILES string of the molecule is COC(C)CNC(=O)c1csc(S(=O)(=O)Cl)c1. The van der Waals surface area contributed by atoms with E-state index in [9.17, 15) is 13.2 Å². The minimum absolute atomic E-state index is 0.0379. The summed E-state index contributed by atoms with van der Waals surface area (Å²) in [5.41, 5.74) is 0.275. The van der Waals surface area contributed by atoms with Gasteiger partial charge in [-0.3, -0.25) is 4.79 Å². The Labute approximate surface area is 108 Å². The van der Waals surface area contributed by atoms with E-state index in [0.717, 1.165) is 11.3 Å². The topological polar surface area (TPSA) is 72.5 Å². The van der Waals surface area contributed by atoms with Crippen molar-refractivity contribution in [3.63, 3.8) is 0 Å². The second kappa shape index (κ2) is 5.81. The lowest BCUT2D eigenvalue weighted by atomic mass is 10.3. The molecule has 1 aromatic rings. The van der Waals surface area contributed by atoms with Gasteiger partial charge in [-0.25, -0.2) is 8.42 Å². The van der Waals surface area contributed by atoms with Crippen LogP contribution in [0.3, 0.4) is 0 Å². The number of amides is 1. The van der Waals surface area contributed by atoms with Crippen molar-refractivity contribution in [2.24, 2.45) is 0 Å². The molecule has 1 unspecified atom stereocenters. The van der Waals surface area contributed by atoms with Gasteiger partial charge in [0.25, 0.3) is 15.0 Å². The molecule has 5 nitrogen and oxygen atoms in total. The summed E-state index contributed by atoms with van der Waals surface area (Å²) in [6.45, 7) is 2.16. The Morgan fingerprint density at radius 3 is 2.76 bits per heavy atom. The summed E-state index contributed by atoms with van der Waals surface area (Å²) in [7, 11) is 2.93. The van der Waals surface area contributed by atoms with Gasteiger partial charge in [0.05, 0.1) is 11.7 Å². The maximum Gasteiger partial charge on any atom is 0.270 e. The number of rotatable bonds is 5. The third-order valence-corrected chi connectivity index (χ3v) is 5.07. The first-order chi connectivity index (χ1) is 7.84. The molecule has 1 N–H and O–H groups in total. The van der Waals surface area contributed by atoms with Crippen molar-refractivity contribution in [3.8, 4) is 0 Å². The van der Waals surface area contributed by atoms with Gasteiger partial charge in [0.1, 0.15) is 4.21 Å². The maximum absolute atomic E-state index is 11.6. The van der Waals surface area contributed by atoms with Crippen LogP contribution in [0.25, 0.3) is 0 Å². The van der Waals surface area contributed by atoms with E-state index < -0.39 is 9.05 Å². The van der Waals surface area contributed by atoms with Crippen molar-refractivity contribution < 1.29 is 17.9 Å². The summed E-state index contributed by atoms with van der Waals surface area (Å²) in [6.07, 6.45) is -0.103. The summed E-state index contributed by atoms with van der Waals surface area (Å²) < 4.78 is 26.9. The quantitative estimate of drug-likeness (QED) is 0.835. The Hall–Kier alpha value is -0.630. The molecular weight excluding hydrogens is 286 g/mol. The maximum atomic E-state index is 11.6. The summed E-state index contributed by atoms with van der Waals surface area (Å²) in [4.78, 5) is 11.6. The zero-order valence-electron chi connectivity index (χ0n) is 9.27. The minimum atomic E-state index is -3.77. The molecule has 0 aliphatic carbocycles. The first-order valence-electron chi connectivity index (χ1n) is 4.68. The number of carbonyl (C=O) groups is 1. The molecule has 0 saturated heterocycles. The van der Waals surface area contributed by atoms with Crippen LogP contribution in [-0.4, -0.2) is 34.1 Å². The van der Waals surface area contributed by atoms with Crippen LogP contribution < -0.4 is 5.32 Å². The molecule has 1 aromatic heterocycles. The Bertz CT molecular complexity index is 497. The van der Waals surface area contributed by atoms with Crippen LogP contribution in [0.5, 0.6) is 0 Å². The van der Waals surface area contributed by atoms with Gasteiger partial charge in [-0.05, 0) is 13.0 Å². The second-order valence-electron chi connectivity index (χ2n) is 3.35. The van der Waals surface area contributed by atoms with Crippen molar-refractivity contribution in [1.29, 1.82) is 0 Å². The average molecular weight is 298 g/mol. The van der Waals surface area contributed by atoms with Gasteiger partial charge >= 0.3 is 0 Å². The first-order valence-corrected chi connectivity index (χ1v) is 7.87. The molecule has 1 rings (SSSR count). The third kappa shape index (κ3) is 4.27. The van der Waals surface area contributed by atoms with Gasteiger partial charge in [-0.2, -0.15) is 0 Å². The largest absolute Gasteiger partial charge is 0.380 e. The number of hydrogen-bond acceptors (Lipinski definition) is 5. The third-order valence-electron chi connectivity index (χ3n) is 2.03. The number of halogens is 1. The number of nitrogens with one attached hydrogen (secondary N) is 1. The normalized spacial score (nSPS) is 13.4. The highest BCUT2D eigenvalue weighted by Crippen LogP contribution is 2.23. The second-order valence-corrected chi connectivity index (χ2v) is 7.05. The lowest BCUT2D eigenvalue weighted by Crippen LogP contribution is -2.31. The Morgan fingerprint density at radius 1 is 1.65 bits per heavy atom. The monoisotopic (exact) mass is 297 g/mol. The van der Waals surface area contributed by atoms with Crippen LogP contribution in [0.2, 0.25) is 0 Å². The molecular formula is C9H12ClNO4S2. The molecule has 0 aliphatic heterocycles. The molecule has 1 atom stereocenters. The Kier molecular flexibility index (Phi) is 4.93. The van der Waals surface area contributed by atoms with Gasteiger partial charge in [0.15, 0.2) is 0 Å². The molecule has 1 heterocycles. The number of thiophene rings is 1. The highest BCUT2D eigenvalue weighted by atomic mass is 35.7. The number of carbonyl (C=O) groups excluding carboxylic acids is 1. The predicted molar refractivity (Wildman–Crippen MR) is 66.2 cm³/mol. The average Bonchev–Trinajstić information content (AvgIpc) is 2.74. The molecule has 0 spiro atoms. The zero-order valence-corrected chi connectivity index (χ0v) is 11.7. The van der Waals surface area contributed by atoms with E-state index in [1.807, 2.05) is 6.92 Å². The number of ether oxygens (including phenoxy) is 1. The van der Waals surface area contributed by atoms with Crippen molar-refractivity contribution in [3.05, 3.63) is 17.0 Å². The first kappa shape index (κ1) is 14.4. The van der Waals surface area contributed by atoms with Crippen LogP contribution in [0, 0.1) is 0 Å². The summed E-state index contributed by atoms with van der Waals surface area (Å²) in [5.74, 6) is -0.350. The molecule has 8 heteroatoms. The van der Waals surface area contributed by atoms with Crippen LogP contribution >= 0.6 is 22.0 Å². The fourth-order valence-electron chi connectivity index (χ4n) is 0.985.